The smallest absolute Gasteiger partial charge is 0.0683 e. The van der Waals surface area contributed by atoms with E-state index >= 15 is 0 Å². The molecule has 2 heteroatoms. The molecule has 0 aromatic carbocycles. The predicted octanol–water partition coefficient (Wildman–Crippen LogP) is 3.98. The third kappa shape index (κ3) is 8.21. The molecule has 1 N–H and O–H groups in total. The minimum Gasteiger partial charge on any atom is -0.316 e. The minimum atomic E-state index is -0.154. The molecule has 0 aliphatic rings. The van der Waals surface area contributed by atoms with Gasteiger partial charge in [0.15, 0.2) is 0 Å². The normalized spacial score (nSPS) is 14.4. The number of hydrogen-bond acceptors (Lipinski definition) is 2. The first kappa shape index (κ1) is 16.4. The topological polar surface area (TPSA) is 35.8 Å². The Bertz CT molecular complexity index is 243. The standard InChI is InChI=1S/C15H30N2/c1-13(14(2,3)4)11-17-10-8-7-9-15(5,6)12-16/h13,17H,7-11H2,1-6H3. The summed E-state index contributed by atoms with van der Waals surface area (Å²) in [5.74, 6) is 0.693. The summed E-state index contributed by atoms with van der Waals surface area (Å²) in [6.45, 7) is 15.3. The Balaban J connectivity index is 3.52. The molecule has 0 radical (unpaired) electrons. The van der Waals surface area contributed by atoms with Crippen LogP contribution in [0.4, 0.5) is 0 Å². The van der Waals surface area contributed by atoms with Gasteiger partial charge in [0.2, 0.25) is 0 Å². The molecular formula is C15H30N2. The van der Waals surface area contributed by atoms with Crippen LogP contribution in [0.3, 0.4) is 0 Å². The Labute approximate surface area is 108 Å². The Morgan fingerprint density at radius 2 is 1.71 bits per heavy atom. The van der Waals surface area contributed by atoms with Gasteiger partial charge in [-0.1, -0.05) is 34.1 Å². The molecule has 2 nitrogen and oxygen atoms in total. The highest BCUT2D eigenvalue weighted by Crippen LogP contribution is 2.24. The van der Waals surface area contributed by atoms with Crippen LogP contribution in [0.1, 0.15) is 60.8 Å². The number of unbranched alkanes of at least 4 members (excludes halogenated alkanes) is 1. The number of nitrogens with zero attached hydrogens (tertiary/aromatic N) is 1. The van der Waals surface area contributed by atoms with Crippen molar-refractivity contribution >= 4 is 0 Å². The quantitative estimate of drug-likeness (QED) is 0.681. The van der Waals surface area contributed by atoms with Crippen LogP contribution in [0.2, 0.25) is 0 Å². The fourth-order valence-electron chi connectivity index (χ4n) is 1.50. The molecule has 100 valence electrons. The lowest BCUT2D eigenvalue weighted by Crippen LogP contribution is -2.30. The molecule has 17 heavy (non-hydrogen) atoms. The van der Waals surface area contributed by atoms with Gasteiger partial charge in [-0.05, 0) is 51.1 Å². The lowest BCUT2D eigenvalue weighted by Gasteiger charge is -2.27. The van der Waals surface area contributed by atoms with Crippen molar-refractivity contribution in [2.24, 2.45) is 16.7 Å². The molecule has 0 spiro atoms. The third-order valence-corrected chi connectivity index (χ3v) is 3.64. The van der Waals surface area contributed by atoms with E-state index in [2.05, 4.69) is 39.1 Å². The molecule has 0 saturated heterocycles. The third-order valence-electron chi connectivity index (χ3n) is 3.64. The Morgan fingerprint density at radius 1 is 1.12 bits per heavy atom. The zero-order chi connectivity index (χ0) is 13.5. The van der Waals surface area contributed by atoms with Gasteiger partial charge in [0, 0.05) is 0 Å². The van der Waals surface area contributed by atoms with E-state index in [4.69, 9.17) is 5.26 Å². The van der Waals surface area contributed by atoms with E-state index in [1.54, 1.807) is 0 Å². The summed E-state index contributed by atoms with van der Waals surface area (Å²) in [7, 11) is 0. The highest BCUT2D eigenvalue weighted by molar-refractivity contribution is 4.91. The van der Waals surface area contributed by atoms with Gasteiger partial charge in [0.25, 0.3) is 0 Å². The van der Waals surface area contributed by atoms with Gasteiger partial charge in [-0.3, -0.25) is 0 Å². The maximum absolute atomic E-state index is 8.89. The van der Waals surface area contributed by atoms with Gasteiger partial charge < -0.3 is 5.32 Å². The lowest BCUT2D eigenvalue weighted by molar-refractivity contribution is 0.252. The van der Waals surface area contributed by atoms with E-state index in [0.717, 1.165) is 25.9 Å². The van der Waals surface area contributed by atoms with Crippen molar-refractivity contribution in [2.75, 3.05) is 13.1 Å². The van der Waals surface area contributed by atoms with E-state index in [1.165, 1.54) is 6.42 Å². The Kier molecular flexibility index (Phi) is 6.78. The fourth-order valence-corrected chi connectivity index (χ4v) is 1.50. The molecule has 1 unspecified atom stereocenters. The lowest BCUT2D eigenvalue weighted by atomic mass is 9.82. The van der Waals surface area contributed by atoms with Gasteiger partial charge in [-0.2, -0.15) is 5.26 Å². The summed E-state index contributed by atoms with van der Waals surface area (Å²) < 4.78 is 0. The van der Waals surface area contributed by atoms with Crippen molar-refractivity contribution in [3.05, 3.63) is 0 Å². The summed E-state index contributed by atoms with van der Waals surface area (Å²) in [6, 6.07) is 2.35. The summed E-state index contributed by atoms with van der Waals surface area (Å²) in [5.41, 5.74) is 0.231. The van der Waals surface area contributed by atoms with Crippen molar-refractivity contribution < 1.29 is 0 Å². The van der Waals surface area contributed by atoms with Gasteiger partial charge in [0.1, 0.15) is 0 Å². The average molecular weight is 238 g/mol. The maximum Gasteiger partial charge on any atom is 0.0683 e. The molecule has 0 rings (SSSR count). The Morgan fingerprint density at radius 3 is 2.18 bits per heavy atom. The van der Waals surface area contributed by atoms with E-state index < -0.39 is 0 Å². The average Bonchev–Trinajstić information content (AvgIpc) is 2.21. The molecule has 0 amide bonds. The van der Waals surface area contributed by atoms with Gasteiger partial charge in [-0.15, -0.1) is 0 Å². The van der Waals surface area contributed by atoms with Gasteiger partial charge in [-0.25, -0.2) is 0 Å². The molecule has 0 aliphatic heterocycles. The first-order valence-electron chi connectivity index (χ1n) is 6.81. The fraction of sp³-hybridized carbons (Fsp3) is 0.933. The largest absolute Gasteiger partial charge is 0.316 e. The van der Waals surface area contributed by atoms with Crippen LogP contribution in [-0.4, -0.2) is 13.1 Å². The maximum atomic E-state index is 8.89. The zero-order valence-electron chi connectivity index (χ0n) is 12.6. The molecule has 0 saturated carbocycles. The van der Waals surface area contributed by atoms with Gasteiger partial charge >= 0.3 is 0 Å². The van der Waals surface area contributed by atoms with Crippen molar-refractivity contribution in [3.63, 3.8) is 0 Å². The SMILES string of the molecule is CC(CNCCCCC(C)(C)C#N)C(C)(C)C. The van der Waals surface area contributed by atoms with Crippen LogP contribution in [-0.2, 0) is 0 Å². The molecule has 0 bridgehead atoms. The molecule has 0 heterocycles. The van der Waals surface area contributed by atoms with Crippen molar-refractivity contribution in [3.8, 4) is 6.07 Å². The number of nitriles is 1. The highest BCUT2D eigenvalue weighted by Gasteiger charge is 2.19. The molecule has 0 aliphatic carbocycles. The minimum absolute atomic E-state index is 0.154. The molecular weight excluding hydrogens is 208 g/mol. The predicted molar refractivity (Wildman–Crippen MR) is 74.7 cm³/mol. The summed E-state index contributed by atoms with van der Waals surface area (Å²) in [6.07, 6.45) is 3.30. The van der Waals surface area contributed by atoms with Crippen LogP contribution < -0.4 is 5.32 Å². The first-order valence-corrected chi connectivity index (χ1v) is 6.81. The zero-order valence-corrected chi connectivity index (χ0v) is 12.6. The van der Waals surface area contributed by atoms with E-state index in [9.17, 15) is 0 Å². The van der Waals surface area contributed by atoms with E-state index in [0.29, 0.717) is 11.3 Å². The molecule has 0 aromatic heterocycles. The van der Waals surface area contributed by atoms with Crippen LogP contribution in [0.25, 0.3) is 0 Å². The summed E-state index contributed by atoms with van der Waals surface area (Å²) >= 11 is 0. The van der Waals surface area contributed by atoms with E-state index in [1.807, 2.05) is 13.8 Å². The van der Waals surface area contributed by atoms with Gasteiger partial charge in [0.05, 0.1) is 11.5 Å². The van der Waals surface area contributed by atoms with Crippen LogP contribution in [0, 0.1) is 28.1 Å². The number of hydrogen-bond donors (Lipinski definition) is 1. The second-order valence-corrected chi connectivity index (χ2v) is 6.92. The summed E-state index contributed by atoms with van der Waals surface area (Å²) in [4.78, 5) is 0. The second kappa shape index (κ2) is 7.01. The number of nitrogens with one attached hydrogen (secondary N) is 1. The van der Waals surface area contributed by atoms with Crippen molar-refractivity contribution in [2.45, 2.75) is 60.8 Å². The molecule has 0 aromatic rings. The first-order chi connectivity index (χ1) is 7.69. The molecule has 1 atom stereocenters. The Hall–Kier alpha value is -0.550. The van der Waals surface area contributed by atoms with Crippen LogP contribution in [0.15, 0.2) is 0 Å². The van der Waals surface area contributed by atoms with Crippen molar-refractivity contribution in [1.29, 1.82) is 5.26 Å². The second-order valence-electron chi connectivity index (χ2n) is 6.92. The van der Waals surface area contributed by atoms with Crippen LogP contribution in [0.5, 0.6) is 0 Å². The molecule has 0 fully saturated rings. The monoisotopic (exact) mass is 238 g/mol. The van der Waals surface area contributed by atoms with Crippen molar-refractivity contribution in [1.82, 2.24) is 5.32 Å². The number of rotatable bonds is 7. The van der Waals surface area contributed by atoms with E-state index in [-0.39, 0.29) is 5.41 Å². The highest BCUT2D eigenvalue weighted by atomic mass is 14.9. The summed E-state index contributed by atoms with van der Waals surface area (Å²) in [5, 5.41) is 12.4. The van der Waals surface area contributed by atoms with Crippen LogP contribution >= 0.6 is 0 Å².